The fourth-order valence-corrected chi connectivity index (χ4v) is 2.23. The highest BCUT2D eigenvalue weighted by atomic mass is 16.1. The summed E-state index contributed by atoms with van der Waals surface area (Å²) in [5.74, 6) is -1.01. The predicted molar refractivity (Wildman–Crippen MR) is 68.9 cm³/mol. The van der Waals surface area contributed by atoms with Crippen LogP contribution in [0.2, 0.25) is 0 Å². The molecule has 1 aromatic rings. The largest absolute Gasteiger partial charge is 0.399 e. The molecule has 1 heterocycles. The van der Waals surface area contributed by atoms with E-state index in [9.17, 15) is 9.59 Å². The minimum atomic E-state index is -0.507. The van der Waals surface area contributed by atoms with Crippen molar-refractivity contribution in [3.63, 3.8) is 0 Å². The molecule has 96 valence electrons. The van der Waals surface area contributed by atoms with Gasteiger partial charge in [-0.1, -0.05) is 0 Å². The topological polar surface area (TPSA) is 115 Å². The number of carbonyl (C=O) groups is 2. The summed E-state index contributed by atoms with van der Waals surface area (Å²) >= 11 is 0. The maximum atomic E-state index is 11.4. The van der Waals surface area contributed by atoms with Crippen LogP contribution in [0, 0.1) is 5.92 Å². The van der Waals surface area contributed by atoms with Crippen LogP contribution in [0.15, 0.2) is 18.2 Å². The van der Waals surface area contributed by atoms with Gasteiger partial charge < -0.3 is 22.1 Å². The average Bonchev–Trinajstić information content (AvgIpc) is 2.77. The normalized spacial score (nSPS) is 18.9. The lowest BCUT2D eigenvalue weighted by Crippen LogP contribution is -2.28. The van der Waals surface area contributed by atoms with Crippen LogP contribution in [0.25, 0.3) is 0 Å². The zero-order valence-corrected chi connectivity index (χ0v) is 9.93. The summed E-state index contributed by atoms with van der Waals surface area (Å²) in [6, 6.07) is 4.93. The van der Waals surface area contributed by atoms with Crippen molar-refractivity contribution in [3.8, 4) is 0 Å². The van der Waals surface area contributed by atoms with Crippen molar-refractivity contribution in [3.05, 3.63) is 23.8 Å². The van der Waals surface area contributed by atoms with Crippen LogP contribution in [0.1, 0.15) is 16.8 Å². The SMILES string of the molecule is NC(=O)c1ccc(N)cc1N1CCC(C(N)=O)C1. The minimum Gasteiger partial charge on any atom is -0.399 e. The fourth-order valence-electron chi connectivity index (χ4n) is 2.23. The molecule has 1 atom stereocenters. The molecule has 2 amide bonds. The van der Waals surface area contributed by atoms with Crippen molar-refractivity contribution < 1.29 is 9.59 Å². The number of hydrogen-bond donors (Lipinski definition) is 3. The Morgan fingerprint density at radius 3 is 2.56 bits per heavy atom. The van der Waals surface area contributed by atoms with E-state index in [0.717, 1.165) is 0 Å². The minimum absolute atomic E-state index is 0.188. The number of amides is 2. The molecule has 1 aliphatic heterocycles. The van der Waals surface area contributed by atoms with E-state index in [1.54, 1.807) is 18.2 Å². The van der Waals surface area contributed by atoms with Crippen LogP contribution in [0.5, 0.6) is 0 Å². The van der Waals surface area contributed by atoms with Gasteiger partial charge in [-0.2, -0.15) is 0 Å². The van der Waals surface area contributed by atoms with E-state index in [1.165, 1.54) is 0 Å². The number of nitrogens with two attached hydrogens (primary N) is 3. The van der Waals surface area contributed by atoms with Gasteiger partial charge in [-0.15, -0.1) is 0 Å². The van der Waals surface area contributed by atoms with E-state index < -0.39 is 5.91 Å². The summed E-state index contributed by atoms with van der Waals surface area (Å²) in [7, 11) is 0. The Morgan fingerprint density at radius 1 is 1.28 bits per heavy atom. The van der Waals surface area contributed by atoms with E-state index in [1.807, 2.05) is 4.90 Å². The van der Waals surface area contributed by atoms with Gasteiger partial charge in [-0.3, -0.25) is 9.59 Å². The Morgan fingerprint density at radius 2 is 2.00 bits per heavy atom. The van der Waals surface area contributed by atoms with Crippen molar-refractivity contribution in [1.29, 1.82) is 0 Å². The van der Waals surface area contributed by atoms with Gasteiger partial charge in [0.25, 0.3) is 5.91 Å². The van der Waals surface area contributed by atoms with Gasteiger partial charge in [-0.25, -0.2) is 0 Å². The molecule has 0 saturated carbocycles. The summed E-state index contributed by atoms with van der Waals surface area (Å²) in [6.45, 7) is 1.16. The van der Waals surface area contributed by atoms with Gasteiger partial charge in [0.1, 0.15) is 0 Å². The fraction of sp³-hybridized carbons (Fsp3) is 0.333. The Balaban J connectivity index is 2.31. The molecule has 1 fully saturated rings. The molecule has 18 heavy (non-hydrogen) atoms. The number of anilines is 2. The second-order valence-electron chi connectivity index (χ2n) is 4.47. The van der Waals surface area contributed by atoms with Crippen molar-refractivity contribution >= 4 is 23.2 Å². The lowest BCUT2D eigenvalue weighted by Gasteiger charge is -2.21. The maximum Gasteiger partial charge on any atom is 0.250 e. The highest BCUT2D eigenvalue weighted by molar-refractivity contribution is 5.99. The molecule has 2 rings (SSSR count). The number of nitrogen functional groups attached to an aromatic ring is 1. The van der Waals surface area contributed by atoms with Crippen molar-refractivity contribution in [2.24, 2.45) is 17.4 Å². The highest BCUT2D eigenvalue weighted by Crippen LogP contribution is 2.28. The van der Waals surface area contributed by atoms with Crippen LogP contribution >= 0.6 is 0 Å². The van der Waals surface area contributed by atoms with Gasteiger partial charge in [0, 0.05) is 18.8 Å². The molecule has 6 heteroatoms. The van der Waals surface area contributed by atoms with Gasteiger partial charge in [0.2, 0.25) is 5.91 Å². The standard InChI is InChI=1S/C12H16N4O2/c13-8-1-2-9(12(15)18)10(5-8)16-4-3-7(6-16)11(14)17/h1-2,5,7H,3-4,6,13H2,(H2,14,17)(H2,15,18). The molecule has 1 saturated heterocycles. The van der Waals surface area contributed by atoms with E-state index in [-0.39, 0.29) is 11.8 Å². The van der Waals surface area contributed by atoms with Crippen LogP contribution in [0.4, 0.5) is 11.4 Å². The summed E-state index contributed by atoms with van der Waals surface area (Å²) in [6.07, 6.45) is 0.683. The van der Waals surface area contributed by atoms with Crippen molar-refractivity contribution in [2.75, 3.05) is 23.7 Å². The van der Waals surface area contributed by atoms with Crippen LogP contribution in [-0.4, -0.2) is 24.9 Å². The highest BCUT2D eigenvalue weighted by Gasteiger charge is 2.28. The summed E-state index contributed by atoms with van der Waals surface area (Å²) < 4.78 is 0. The Labute approximate surface area is 105 Å². The van der Waals surface area contributed by atoms with E-state index >= 15 is 0 Å². The first-order valence-corrected chi connectivity index (χ1v) is 5.72. The molecule has 1 aliphatic rings. The summed E-state index contributed by atoms with van der Waals surface area (Å²) in [4.78, 5) is 24.4. The van der Waals surface area contributed by atoms with E-state index in [0.29, 0.717) is 36.4 Å². The molecular weight excluding hydrogens is 232 g/mol. The number of hydrogen-bond acceptors (Lipinski definition) is 4. The Bertz CT molecular complexity index is 501. The molecule has 1 aromatic carbocycles. The smallest absolute Gasteiger partial charge is 0.250 e. The zero-order valence-electron chi connectivity index (χ0n) is 9.93. The van der Waals surface area contributed by atoms with Crippen LogP contribution in [-0.2, 0) is 4.79 Å². The Hall–Kier alpha value is -2.24. The van der Waals surface area contributed by atoms with Crippen LogP contribution < -0.4 is 22.1 Å². The lowest BCUT2D eigenvalue weighted by atomic mass is 10.1. The molecule has 0 spiro atoms. The molecule has 0 bridgehead atoms. The van der Waals surface area contributed by atoms with E-state index in [4.69, 9.17) is 17.2 Å². The molecule has 0 aromatic heterocycles. The van der Waals surface area contributed by atoms with Gasteiger partial charge in [0.05, 0.1) is 17.2 Å². The monoisotopic (exact) mass is 248 g/mol. The lowest BCUT2D eigenvalue weighted by molar-refractivity contribution is -0.121. The first-order valence-electron chi connectivity index (χ1n) is 5.72. The third kappa shape index (κ3) is 2.22. The number of nitrogens with zero attached hydrogens (tertiary/aromatic N) is 1. The molecule has 0 radical (unpaired) electrons. The number of primary amides is 2. The quantitative estimate of drug-likeness (QED) is 0.635. The second kappa shape index (κ2) is 4.56. The first-order chi connectivity index (χ1) is 8.49. The van der Waals surface area contributed by atoms with E-state index in [2.05, 4.69) is 0 Å². The van der Waals surface area contributed by atoms with Crippen molar-refractivity contribution in [2.45, 2.75) is 6.42 Å². The number of carbonyl (C=O) groups excluding carboxylic acids is 2. The average molecular weight is 248 g/mol. The molecule has 0 aliphatic carbocycles. The zero-order chi connectivity index (χ0) is 13.3. The molecular formula is C12H16N4O2. The Kier molecular flexibility index (Phi) is 3.10. The van der Waals surface area contributed by atoms with Gasteiger partial charge in [-0.05, 0) is 24.6 Å². The van der Waals surface area contributed by atoms with Gasteiger partial charge >= 0.3 is 0 Å². The van der Waals surface area contributed by atoms with Crippen LogP contribution in [0.3, 0.4) is 0 Å². The predicted octanol–water partition coefficient (Wildman–Crippen LogP) is -0.321. The third-order valence-corrected chi connectivity index (χ3v) is 3.22. The number of benzene rings is 1. The second-order valence-corrected chi connectivity index (χ2v) is 4.47. The third-order valence-electron chi connectivity index (χ3n) is 3.22. The maximum absolute atomic E-state index is 11.4. The van der Waals surface area contributed by atoms with Crippen molar-refractivity contribution in [1.82, 2.24) is 0 Å². The summed E-state index contributed by atoms with van der Waals surface area (Å²) in [5, 5.41) is 0. The summed E-state index contributed by atoms with van der Waals surface area (Å²) in [5.41, 5.74) is 18.0. The van der Waals surface area contributed by atoms with Gasteiger partial charge in [0.15, 0.2) is 0 Å². The molecule has 6 N–H and O–H groups in total. The molecule has 6 nitrogen and oxygen atoms in total. The first kappa shape index (κ1) is 12.2. The molecule has 1 unspecified atom stereocenters. The number of rotatable bonds is 3.